The maximum absolute atomic E-state index is 2.51. The Kier molecular flexibility index (Phi) is 3.48. The largest absolute Gasteiger partial charge is 0.0914 e. The molecule has 0 aliphatic heterocycles. The molecule has 1 aromatic carbocycles. The first-order valence-corrected chi connectivity index (χ1v) is 9.55. The predicted octanol–water partition coefficient (Wildman–Crippen LogP) is 4.52. The summed E-state index contributed by atoms with van der Waals surface area (Å²) in [5, 5.41) is 1.55. The summed E-state index contributed by atoms with van der Waals surface area (Å²) in [7, 11) is 1.16. The van der Waals surface area contributed by atoms with Gasteiger partial charge in [0.25, 0.3) is 0 Å². The number of rotatable bonds is 2. The minimum atomic E-state index is 0.433. The van der Waals surface area contributed by atoms with Crippen LogP contribution >= 0.6 is 0 Å². The summed E-state index contributed by atoms with van der Waals surface area (Å²) in [5.74, 6) is 1.76. The maximum atomic E-state index is 2.51. The Balaban J connectivity index is 1.99. The third-order valence-corrected chi connectivity index (χ3v) is 7.86. The van der Waals surface area contributed by atoms with Crippen LogP contribution in [0.4, 0.5) is 0 Å². The van der Waals surface area contributed by atoms with Crippen molar-refractivity contribution in [2.24, 2.45) is 17.3 Å². The van der Waals surface area contributed by atoms with Gasteiger partial charge in [0.2, 0.25) is 0 Å². The normalized spacial score (nSPS) is 35.1. The summed E-state index contributed by atoms with van der Waals surface area (Å²) in [6, 6.07) is 9.60. The Morgan fingerprint density at radius 2 is 1.71 bits per heavy atom. The van der Waals surface area contributed by atoms with Crippen LogP contribution < -0.4 is 0 Å². The molecular formula is C20H30Si. The fraction of sp³-hybridized carbons (Fsp3) is 0.600. The highest BCUT2D eigenvalue weighted by molar-refractivity contribution is 6.24. The number of allylic oxidation sites excluding steroid dienone is 2. The lowest BCUT2D eigenvalue weighted by atomic mass is 9.35. The number of hydrogen-bond acceptors (Lipinski definition) is 0. The average Bonchev–Trinajstić information content (AvgIpc) is 2.46. The van der Waals surface area contributed by atoms with Crippen molar-refractivity contribution in [3.05, 3.63) is 40.6 Å². The van der Waals surface area contributed by atoms with Gasteiger partial charge in [0.05, 0.1) is 0 Å². The molecule has 3 saturated carbocycles. The first kappa shape index (κ1) is 15.1. The highest BCUT2D eigenvalue weighted by Gasteiger charge is 2.64. The van der Waals surface area contributed by atoms with Gasteiger partial charge in [-0.1, -0.05) is 50.2 Å². The van der Waals surface area contributed by atoms with Crippen molar-refractivity contribution in [3.8, 4) is 0 Å². The van der Waals surface area contributed by atoms with Crippen molar-refractivity contribution in [1.82, 2.24) is 0 Å². The second-order valence-corrected chi connectivity index (χ2v) is 9.77. The maximum Gasteiger partial charge on any atom is 0.0333 e. The van der Waals surface area contributed by atoms with E-state index in [2.05, 4.69) is 58.9 Å². The SMILES string of the molecule is CC([SiH3])=C(C)c1ccc(C23CC(CCC2C)C3(C)C)cc1. The summed E-state index contributed by atoms with van der Waals surface area (Å²) in [6.45, 7) is 12.0. The highest BCUT2D eigenvalue weighted by Crippen LogP contribution is 2.70. The Bertz CT molecular complexity index is 574. The lowest BCUT2D eigenvalue weighted by Gasteiger charge is -2.69. The zero-order chi connectivity index (χ0) is 15.4. The fourth-order valence-electron chi connectivity index (χ4n) is 5.22. The Morgan fingerprint density at radius 1 is 1.10 bits per heavy atom. The van der Waals surface area contributed by atoms with Gasteiger partial charge in [-0.25, -0.2) is 0 Å². The van der Waals surface area contributed by atoms with Gasteiger partial charge >= 0.3 is 0 Å². The van der Waals surface area contributed by atoms with E-state index in [1.807, 2.05) is 0 Å². The standard InChI is InChI=1S/C20H30Si/c1-13-6-9-18-12-20(13,19(18,4)5)17-10-7-16(8-11-17)14(2)15(3)21/h7-8,10-11,13,18H,6,9,12H2,1-5,21H3. The van der Waals surface area contributed by atoms with Crippen LogP contribution in [0.5, 0.6) is 0 Å². The molecule has 3 atom stereocenters. The predicted molar refractivity (Wildman–Crippen MR) is 96.6 cm³/mol. The zero-order valence-electron chi connectivity index (χ0n) is 14.6. The smallest absolute Gasteiger partial charge is 0.0333 e. The Labute approximate surface area is 133 Å². The van der Waals surface area contributed by atoms with Crippen molar-refractivity contribution in [2.75, 3.05) is 0 Å². The van der Waals surface area contributed by atoms with Gasteiger partial charge in [-0.3, -0.25) is 0 Å². The summed E-state index contributed by atoms with van der Waals surface area (Å²) >= 11 is 0. The van der Waals surface area contributed by atoms with Gasteiger partial charge < -0.3 is 0 Å². The van der Waals surface area contributed by atoms with E-state index >= 15 is 0 Å². The Morgan fingerprint density at radius 3 is 2.19 bits per heavy atom. The molecule has 0 nitrogen and oxygen atoms in total. The minimum absolute atomic E-state index is 0.433. The van der Waals surface area contributed by atoms with Crippen LogP contribution in [0, 0.1) is 17.3 Å². The first-order chi connectivity index (χ1) is 9.80. The molecule has 21 heavy (non-hydrogen) atoms. The first-order valence-electron chi connectivity index (χ1n) is 8.55. The van der Waals surface area contributed by atoms with E-state index < -0.39 is 0 Å². The molecule has 1 aromatic rings. The third-order valence-electron chi connectivity index (χ3n) is 7.11. The molecule has 3 unspecified atom stereocenters. The molecule has 0 saturated heterocycles. The van der Waals surface area contributed by atoms with Crippen LogP contribution in [0.15, 0.2) is 29.5 Å². The van der Waals surface area contributed by atoms with Crippen molar-refractivity contribution >= 4 is 15.8 Å². The molecule has 114 valence electrons. The van der Waals surface area contributed by atoms with E-state index in [1.165, 1.54) is 30.4 Å². The molecule has 1 heteroatoms. The van der Waals surface area contributed by atoms with Crippen LogP contribution in [-0.2, 0) is 5.41 Å². The van der Waals surface area contributed by atoms with E-state index in [0.717, 1.165) is 22.1 Å². The van der Waals surface area contributed by atoms with Crippen molar-refractivity contribution in [2.45, 2.75) is 59.3 Å². The quantitative estimate of drug-likeness (QED) is 0.704. The van der Waals surface area contributed by atoms with Crippen molar-refractivity contribution in [1.29, 1.82) is 0 Å². The van der Waals surface area contributed by atoms with Gasteiger partial charge in [-0.05, 0) is 67.1 Å². The number of hydrogen-bond donors (Lipinski definition) is 0. The highest BCUT2D eigenvalue weighted by atomic mass is 28.1. The third kappa shape index (κ3) is 1.93. The molecule has 0 N–H and O–H groups in total. The zero-order valence-corrected chi connectivity index (χ0v) is 16.6. The van der Waals surface area contributed by atoms with Crippen LogP contribution in [-0.4, -0.2) is 10.2 Å². The summed E-state index contributed by atoms with van der Waals surface area (Å²) in [4.78, 5) is 0. The molecule has 4 rings (SSSR count). The van der Waals surface area contributed by atoms with Gasteiger partial charge in [0, 0.05) is 15.7 Å². The molecular weight excluding hydrogens is 268 g/mol. The van der Waals surface area contributed by atoms with Crippen molar-refractivity contribution in [3.63, 3.8) is 0 Å². The van der Waals surface area contributed by atoms with E-state index in [0.29, 0.717) is 10.8 Å². The molecule has 0 radical (unpaired) electrons. The van der Waals surface area contributed by atoms with Gasteiger partial charge in [0.15, 0.2) is 0 Å². The fourth-order valence-corrected chi connectivity index (χ4v) is 5.51. The molecule has 0 aromatic heterocycles. The summed E-state index contributed by atoms with van der Waals surface area (Å²) < 4.78 is 0. The second kappa shape index (κ2) is 4.84. The van der Waals surface area contributed by atoms with Crippen LogP contribution in [0.1, 0.15) is 65.0 Å². The Hall–Kier alpha value is -0.823. The van der Waals surface area contributed by atoms with Gasteiger partial charge in [-0.15, -0.1) is 0 Å². The van der Waals surface area contributed by atoms with Crippen LogP contribution in [0.2, 0.25) is 0 Å². The number of fused-ring (bicyclic) bond motifs is 2. The second-order valence-electron chi connectivity index (χ2n) is 8.27. The molecule has 3 aliphatic carbocycles. The van der Waals surface area contributed by atoms with E-state index in [4.69, 9.17) is 0 Å². The minimum Gasteiger partial charge on any atom is -0.0914 e. The van der Waals surface area contributed by atoms with E-state index in [9.17, 15) is 0 Å². The summed E-state index contributed by atoms with van der Waals surface area (Å²) in [6.07, 6.45) is 4.26. The lowest BCUT2D eigenvalue weighted by Crippen LogP contribution is -2.64. The van der Waals surface area contributed by atoms with Gasteiger partial charge in [-0.2, -0.15) is 0 Å². The summed E-state index contributed by atoms with van der Waals surface area (Å²) in [5.41, 5.74) is 5.40. The monoisotopic (exact) mass is 298 g/mol. The lowest BCUT2D eigenvalue weighted by molar-refractivity contribution is -0.133. The van der Waals surface area contributed by atoms with E-state index in [-0.39, 0.29) is 0 Å². The van der Waals surface area contributed by atoms with Crippen LogP contribution in [0.25, 0.3) is 5.57 Å². The molecule has 0 amide bonds. The number of benzene rings is 1. The molecule has 2 bridgehead atoms. The topological polar surface area (TPSA) is 0 Å². The molecule has 3 aliphatic rings. The van der Waals surface area contributed by atoms with Crippen LogP contribution in [0.3, 0.4) is 0 Å². The molecule has 0 spiro atoms. The molecule has 0 heterocycles. The van der Waals surface area contributed by atoms with Gasteiger partial charge in [0.1, 0.15) is 0 Å². The molecule has 3 fully saturated rings. The van der Waals surface area contributed by atoms with Crippen molar-refractivity contribution < 1.29 is 0 Å². The van der Waals surface area contributed by atoms with E-state index in [1.54, 1.807) is 10.8 Å². The average molecular weight is 299 g/mol.